The molecule has 3 aromatic rings. The number of imidazole rings is 1. The van der Waals surface area contributed by atoms with E-state index in [4.69, 9.17) is 11.6 Å². The molecule has 2 N–H and O–H groups in total. The van der Waals surface area contributed by atoms with Crippen LogP contribution in [0.25, 0.3) is 11.0 Å². The number of amides is 2. The van der Waals surface area contributed by atoms with Gasteiger partial charge < -0.3 is 15.2 Å². The Morgan fingerprint density at radius 1 is 1.21 bits per heavy atom. The predicted octanol–water partition coefficient (Wildman–Crippen LogP) is 4.08. The molecule has 0 fully saturated rings. The molecule has 1 aromatic heterocycles. The van der Waals surface area contributed by atoms with E-state index in [2.05, 4.69) is 15.6 Å². The number of para-hydroxylation sites is 1. The van der Waals surface area contributed by atoms with E-state index < -0.39 is 5.25 Å². The van der Waals surface area contributed by atoms with Gasteiger partial charge in [0.2, 0.25) is 11.8 Å². The first-order valence-electron chi connectivity index (χ1n) is 9.18. The van der Waals surface area contributed by atoms with Gasteiger partial charge in [0.15, 0.2) is 5.16 Å². The fraction of sp³-hybridized carbons (Fsp3) is 0.286. The molecule has 152 valence electrons. The van der Waals surface area contributed by atoms with E-state index in [9.17, 15) is 9.59 Å². The molecule has 1 atom stereocenters. The molecule has 0 radical (unpaired) electrons. The molecule has 6 nitrogen and oxygen atoms in total. The van der Waals surface area contributed by atoms with Crippen molar-refractivity contribution >= 4 is 51.9 Å². The van der Waals surface area contributed by atoms with Crippen molar-refractivity contribution in [3.05, 3.63) is 52.5 Å². The zero-order valence-electron chi connectivity index (χ0n) is 16.7. The second kappa shape index (κ2) is 8.88. The number of hydrogen-bond acceptors (Lipinski definition) is 4. The third-order valence-electron chi connectivity index (χ3n) is 4.62. The van der Waals surface area contributed by atoms with Crippen LogP contribution < -0.4 is 10.6 Å². The van der Waals surface area contributed by atoms with Crippen molar-refractivity contribution in [2.75, 3.05) is 11.9 Å². The quantitative estimate of drug-likeness (QED) is 0.578. The standard InChI is InChI=1S/C21H23ClN4O2S/c1-12-6-5-7-13(2)19(12)25-18(27)11-23-20(28)14(3)29-21-24-16-10-15(22)8-9-17(16)26(21)4/h5-10,14H,11H2,1-4H3,(H,23,28)(H,25,27). The molecule has 3 rings (SSSR count). The molecule has 0 aliphatic rings. The Kier molecular flexibility index (Phi) is 6.49. The van der Waals surface area contributed by atoms with Crippen LogP contribution in [-0.2, 0) is 16.6 Å². The zero-order valence-corrected chi connectivity index (χ0v) is 18.3. The number of nitrogens with one attached hydrogen (secondary N) is 2. The van der Waals surface area contributed by atoms with Crippen molar-refractivity contribution in [1.82, 2.24) is 14.9 Å². The normalized spacial score (nSPS) is 12.0. The van der Waals surface area contributed by atoms with Crippen LogP contribution >= 0.6 is 23.4 Å². The predicted molar refractivity (Wildman–Crippen MR) is 119 cm³/mol. The van der Waals surface area contributed by atoms with Gasteiger partial charge >= 0.3 is 0 Å². The molecule has 8 heteroatoms. The molecule has 2 aromatic carbocycles. The Hall–Kier alpha value is -2.51. The summed E-state index contributed by atoms with van der Waals surface area (Å²) in [5.74, 6) is -0.484. The molecule has 1 unspecified atom stereocenters. The van der Waals surface area contributed by atoms with Crippen molar-refractivity contribution < 1.29 is 9.59 Å². The van der Waals surface area contributed by atoms with Gasteiger partial charge in [-0.15, -0.1) is 0 Å². The molecule has 0 bridgehead atoms. The average Bonchev–Trinajstić information content (AvgIpc) is 2.97. The molecular weight excluding hydrogens is 408 g/mol. The SMILES string of the molecule is Cc1cccc(C)c1NC(=O)CNC(=O)C(C)Sc1nc2cc(Cl)ccc2n1C. The summed E-state index contributed by atoms with van der Waals surface area (Å²) >= 11 is 7.36. The van der Waals surface area contributed by atoms with Gasteiger partial charge in [-0.25, -0.2) is 4.98 Å². The van der Waals surface area contributed by atoms with Gasteiger partial charge in [0, 0.05) is 17.8 Å². The van der Waals surface area contributed by atoms with Crippen LogP contribution in [0.1, 0.15) is 18.1 Å². The maximum Gasteiger partial charge on any atom is 0.243 e. The molecular formula is C21H23ClN4O2S. The van der Waals surface area contributed by atoms with Gasteiger partial charge in [0.1, 0.15) is 0 Å². The molecule has 0 spiro atoms. The average molecular weight is 431 g/mol. The van der Waals surface area contributed by atoms with Crippen molar-refractivity contribution in [2.24, 2.45) is 7.05 Å². The fourth-order valence-corrected chi connectivity index (χ4v) is 4.05. The van der Waals surface area contributed by atoms with Crippen LogP contribution in [0.5, 0.6) is 0 Å². The van der Waals surface area contributed by atoms with Crippen LogP contribution in [-0.4, -0.2) is 33.2 Å². The second-order valence-electron chi connectivity index (χ2n) is 6.88. The number of rotatable bonds is 6. The first kappa shape index (κ1) is 21.2. The summed E-state index contributed by atoms with van der Waals surface area (Å²) in [5.41, 5.74) is 4.47. The van der Waals surface area contributed by atoms with Crippen LogP contribution in [0.15, 0.2) is 41.6 Å². The lowest BCUT2D eigenvalue weighted by atomic mass is 10.1. The summed E-state index contributed by atoms with van der Waals surface area (Å²) < 4.78 is 1.92. The summed E-state index contributed by atoms with van der Waals surface area (Å²) in [5, 5.41) is 6.48. The van der Waals surface area contributed by atoms with Crippen LogP contribution in [0.2, 0.25) is 5.02 Å². The fourth-order valence-electron chi connectivity index (χ4n) is 2.97. The number of carbonyl (C=O) groups is 2. The maximum absolute atomic E-state index is 12.4. The summed E-state index contributed by atoms with van der Waals surface area (Å²) in [6, 6.07) is 11.3. The molecule has 0 saturated carbocycles. The summed E-state index contributed by atoms with van der Waals surface area (Å²) in [4.78, 5) is 29.2. The van der Waals surface area contributed by atoms with Crippen LogP contribution in [0.3, 0.4) is 0 Å². The number of fused-ring (bicyclic) bond motifs is 1. The number of hydrogen-bond donors (Lipinski definition) is 2. The lowest BCUT2D eigenvalue weighted by molar-refractivity contribution is -0.123. The molecule has 0 aliphatic carbocycles. The van der Waals surface area contributed by atoms with Crippen molar-refractivity contribution in [2.45, 2.75) is 31.2 Å². The first-order chi connectivity index (χ1) is 13.8. The van der Waals surface area contributed by atoms with Gasteiger partial charge in [-0.1, -0.05) is 41.6 Å². The van der Waals surface area contributed by atoms with Crippen LogP contribution in [0.4, 0.5) is 5.69 Å². The summed E-state index contributed by atoms with van der Waals surface area (Å²) in [6.45, 7) is 5.57. The highest BCUT2D eigenvalue weighted by Gasteiger charge is 2.19. The van der Waals surface area contributed by atoms with E-state index in [0.29, 0.717) is 10.2 Å². The molecule has 0 aliphatic heterocycles. The van der Waals surface area contributed by atoms with Crippen molar-refractivity contribution in [3.63, 3.8) is 0 Å². The summed E-state index contributed by atoms with van der Waals surface area (Å²) in [6.07, 6.45) is 0. The third-order valence-corrected chi connectivity index (χ3v) is 6.00. The number of benzene rings is 2. The Morgan fingerprint density at radius 3 is 2.59 bits per heavy atom. The lowest BCUT2D eigenvalue weighted by Crippen LogP contribution is -2.37. The topological polar surface area (TPSA) is 76.0 Å². The van der Waals surface area contributed by atoms with E-state index in [0.717, 1.165) is 27.8 Å². The van der Waals surface area contributed by atoms with Gasteiger partial charge in [0.05, 0.1) is 22.8 Å². The minimum Gasteiger partial charge on any atom is -0.346 e. The van der Waals surface area contributed by atoms with E-state index >= 15 is 0 Å². The number of anilines is 1. The Balaban J connectivity index is 1.58. The largest absolute Gasteiger partial charge is 0.346 e. The Labute approximate surface area is 179 Å². The first-order valence-corrected chi connectivity index (χ1v) is 10.4. The number of nitrogens with zero attached hydrogens (tertiary/aromatic N) is 2. The third kappa shape index (κ3) is 4.92. The highest BCUT2D eigenvalue weighted by molar-refractivity contribution is 8.00. The number of aromatic nitrogens is 2. The highest BCUT2D eigenvalue weighted by Crippen LogP contribution is 2.27. The Morgan fingerprint density at radius 2 is 1.90 bits per heavy atom. The Bertz CT molecular complexity index is 1060. The number of halogens is 1. The van der Waals surface area contributed by atoms with E-state index in [-0.39, 0.29) is 18.4 Å². The number of thioether (sulfide) groups is 1. The van der Waals surface area contributed by atoms with E-state index in [1.165, 1.54) is 11.8 Å². The molecule has 29 heavy (non-hydrogen) atoms. The number of carbonyl (C=O) groups excluding carboxylic acids is 2. The van der Waals surface area contributed by atoms with Gasteiger partial charge in [-0.3, -0.25) is 9.59 Å². The van der Waals surface area contributed by atoms with Crippen molar-refractivity contribution in [1.29, 1.82) is 0 Å². The minimum atomic E-state index is -0.408. The monoisotopic (exact) mass is 430 g/mol. The van der Waals surface area contributed by atoms with E-state index in [1.807, 2.05) is 55.8 Å². The number of aryl methyl sites for hydroxylation is 3. The zero-order chi connectivity index (χ0) is 21.1. The van der Waals surface area contributed by atoms with Gasteiger partial charge in [0.25, 0.3) is 0 Å². The minimum absolute atomic E-state index is 0.0876. The van der Waals surface area contributed by atoms with E-state index in [1.54, 1.807) is 13.0 Å². The van der Waals surface area contributed by atoms with Gasteiger partial charge in [-0.2, -0.15) is 0 Å². The van der Waals surface area contributed by atoms with Crippen LogP contribution in [0, 0.1) is 13.8 Å². The lowest BCUT2D eigenvalue weighted by Gasteiger charge is -2.14. The summed E-state index contributed by atoms with van der Waals surface area (Å²) in [7, 11) is 1.90. The molecule has 0 saturated heterocycles. The van der Waals surface area contributed by atoms with Gasteiger partial charge in [-0.05, 0) is 50.1 Å². The smallest absolute Gasteiger partial charge is 0.243 e. The molecule has 1 heterocycles. The van der Waals surface area contributed by atoms with Crippen molar-refractivity contribution in [3.8, 4) is 0 Å². The maximum atomic E-state index is 12.4. The highest BCUT2D eigenvalue weighted by atomic mass is 35.5. The molecule has 2 amide bonds. The second-order valence-corrected chi connectivity index (χ2v) is 8.62.